The number of nitrogens with zero attached hydrogens (tertiary/aromatic N) is 3. The maximum atomic E-state index is 4.86. The lowest BCUT2D eigenvalue weighted by Gasteiger charge is -2.34. The summed E-state index contributed by atoms with van der Waals surface area (Å²) in [6.45, 7) is 18.3. The number of aryl methyl sites for hydroxylation is 2. The predicted molar refractivity (Wildman–Crippen MR) is 146 cm³/mol. The number of rotatable bonds is 10. The van der Waals surface area contributed by atoms with Gasteiger partial charge in [0.05, 0.1) is 17.4 Å². The van der Waals surface area contributed by atoms with Crippen LogP contribution < -0.4 is 5.32 Å². The number of allylic oxidation sites excluding steroid dienone is 1. The predicted octanol–water partition coefficient (Wildman–Crippen LogP) is 7.17. The summed E-state index contributed by atoms with van der Waals surface area (Å²) < 4.78 is 0. The van der Waals surface area contributed by atoms with Crippen LogP contribution in [0.4, 0.5) is 0 Å². The van der Waals surface area contributed by atoms with Crippen molar-refractivity contribution >= 4 is 5.71 Å². The molecule has 33 heavy (non-hydrogen) atoms. The molecule has 1 atom stereocenters. The van der Waals surface area contributed by atoms with E-state index in [1.807, 2.05) is 19.4 Å². The standard InChI is InChI=1S/C23H35N3.C6H15N/c1-6-8-14-24-23-19(4)12-10-9-11-13-22(23)26(7-2)17-21-20(5)15-18(3)16-25-21;1-3-4-5-6-7-2/h8,14-16,22H,4,6-7,9-13,17H2,1-3,5H3;7H,3-6H2,1-2H3/b14-8-,24-23?;. The summed E-state index contributed by atoms with van der Waals surface area (Å²) in [6.07, 6.45) is 17.1. The average molecular weight is 455 g/mol. The molecule has 1 heterocycles. The van der Waals surface area contributed by atoms with Crippen molar-refractivity contribution < 1.29 is 0 Å². The topological polar surface area (TPSA) is 40.5 Å². The molecule has 1 saturated carbocycles. The molecular formula is C29H50N4. The third-order valence-electron chi connectivity index (χ3n) is 6.24. The fourth-order valence-electron chi connectivity index (χ4n) is 4.22. The summed E-state index contributed by atoms with van der Waals surface area (Å²) in [7, 11) is 2.00. The van der Waals surface area contributed by atoms with E-state index in [0.29, 0.717) is 6.04 Å². The number of nitrogens with one attached hydrogen (secondary N) is 1. The summed E-state index contributed by atoms with van der Waals surface area (Å²) in [5, 5.41) is 3.10. The number of aliphatic imine (C=N–C) groups is 1. The van der Waals surface area contributed by atoms with Crippen molar-refractivity contribution in [2.75, 3.05) is 20.1 Å². The van der Waals surface area contributed by atoms with Gasteiger partial charge in [0, 0.05) is 18.9 Å². The van der Waals surface area contributed by atoms with E-state index in [0.717, 1.165) is 32.4 Å². The van der Waals surface area contributed by atoms with Gasteiger partial charge >= 0.3 is 0 Å². The van der Waals surface area contributed by atoms with Crippen molar-refractivity contribution in [3.05, 3.63) is 53.5 Å². The molecule has 1 aromatic heterocycles. The van der Waals surface area contributed by atoms with Crippen LogP contribution in [0.2, 0.25) is 0 Å². The van der Waals surface area contributed by atoms with Crippen LogP contribution in [-0.2, 0) is 6.54 Å². The highest BCUT2D eigenvalue weighted by Crippen LogP contribution is 2.25. The van der Waals surface area contributed by atoms with E-state index in [1.54, 1.807) is 0 Å². The Bertz CT molecular complexity index is 731. The third kappa shape index (κ3) is 11.3. The Morgan fingerprint density at radius 3 is 2.61 bits per heavy atom. The number of hydrogen-bond donors (Lipinski definition) is 1. The lowest BCUT2D eigenvalue weighted by atomic mass is 9.90. The van der Waals surface area contributed by atoms with Crippen molar-refractivity contribution in [2.24, 2.45) is 4.99 Å². The molecule has 4 heteroatoms. The van der Waals surface area contributed by atoms with Gasteiger partial charge < -0.3 is 5.32 Å². The maximum absolute atomic E-state index is 4.86. The molecule has 0 spiro atoms. The van der Waals surface area contributed by atoms with E-state index >= 15 is 0 Å². The average Bonchev–Trinajstić information content (AvgIpc) is 2.79. The molecular weight excluding hydrogens is 404 g/mol. The first-order chi connectivity index (χ1) is 16.0. The zero-order chi connectivity index (χ0) is 24.5. The molecule has 1 unspecified atom stereocenters. The molecule has 0 amide bonds. The van der Waals surface area contributed by atoms with Crippen LogP contribution in [0.1, 0.15) is 95.4 Å². The zero-order valence-corrected chi connectivity index (χ0v) is 22.4. The molecule has 1 N–H and O–H groups in total. The molecule has 0 bridgehead atoms. The molecule has 1 fully saturated rings. The van der Waals surface area contributed by atoms with Crippen molar-refractivity contribution in [1.29, 1.82) is 0 Å². The third-order valence-corrected chi connectivity index (χ3v) is 6.24. The van der Waals surface area contributed by atoms with E-state index < -0.39 is 0 Å². The minimum absolute atomic E-state index is 0.330. The van der Waals surface area contributed by atoms with Crippen LogP contribution in [0.15, 0.2) is 41.7 Å². The number of unbranched alkanes of at least 4 members (excludes halogenated alkanes) is 2. The quantitative estimate of drug-likeness (QED) is 0.381. The van der Waals surface area contributed by atoms with Gasteiger partial charge in [-0.3, -0.25) is 14.9 Å². The Balaban J connectivity index is 0.000000675. The highest BCUT2D eigenvalue weighted by molar-refractivity contribution is 6.04. The van der Waals surface area contributed by atoms with Crippen molar-refractivity contribution in [2.45, 2.75) is 105 Å². The number of aromatic nitrogens is 1. The second-order valence-corrected chi connectivity index (χ2v) is 9.18. The van der Waals surface area contributed by atoms with Crippen LogP contribution in [0.5, 0.6) is 0 Å². The van der Waals surface area contributed by atoms with E-state index in [4.69, 9.17) is 9.98 Å². The Morgan fingerprint density at radius 2 is 1.97 bits per heavy atom. The largest absolute Gasteiger partial charge is 0.320 e. The molecule has 2 rings (SSSR count). The molecule has 186 valence electrons. The van der Waals surface area contributed by atoms with Gasteiger partial charge in [0.25, 0.3) is 0 Å². The Labute approximate surface area is 204 Å². The molecule has 0 aliphatic heterocycles. The fraction of sp³-hybridized carbons (Fsp3) is 0.655. The van der Waals surface area contributed by atoms with Gasteiger partial charge in [-0.25, -0.2) is 0 Å². The summed E-state index contributed by atoms with van der Waals surface area (Å²) in [5.41, 5.74) is 6.06. The van der Waals surface area contributed by atoms with Gasteiger partial charge in [-0.2, -0.15) is 0 Å². The van der Waals surface area contributed by atoms with Crippen LogP contribution in [0.3, 0.4) is 0 Å². The smallest absolute Gasteiger partial charge is 0.0601 e. The molecule has 4 nitrogen and oxygen atoms in total. The van der Waals surface area contributed by atoms with Crippen molar-refractivity contribution in [1.82, 2.24) is 15.2 Å². The number of pyridine rings is 1. The van der Waals surface area contributed by atoms with E-state index in [-0.39, 0.29) is 0 Å². The highest BCUT2D eigenvalue weighted by Gasteiger charge is 2.26. The molecule has 1 aliphatic carbocycles. The molecule has 0 saturated heterocycles. The van der Waals surface area contributed by atoms with Crippen LogP contribution in [-0.4, -0.2) is 41.8 Å². The second kappa shape index (κ2) is 17.7. The van der Waals surface area contributed by atoms with Crippen LogP contribution in [0.25, 0.3) is 0 Å². The SMILES string of the molecule is C=C1CCCCCC(N(CC)Cc2ncc(C)cc2C)C1=N/C=C\CC.CCCCCNC. The van der Waals surface area contributed by atoms with Crippen molar-refractivity contribution in [3.63, 3.8) is 0 Å². The molecule has 1 aliphatic rings. The normalized spacial score (nSPS) is 18.3. The van der Waals surface area contributed by atoms with E-state index in [2.05, 4.69) is 63.6 Å². The minimum Gasteiger partial charge on any atom is -0.320 e. The summed E-state index contributed by atoms with van der Waals surface area (Å²) in [6, 6.07) is 2.56. The van der Waals surface area contributed by atoms with E-state index in [1.165, 1.54) is 73.2 Å². The zero-order valence-electron chi connectivity index (χ0n) is 22.4. The Kier molecular flexibility index (Phi) is 15.7. The first kappa shape index (κ1) is 29.3. The van der Waals surface area contributed by atoms with Crippen LogP contribution >= 0.6 is 0 Å². The Hall–Kier alpha value is -1.78. The maximum Gasteiger partial charge on any atom is 0.0601 e. The summed E-state index contributed by atoms with van der Waals surface area (Å²) >= 11 is 0. The monoisotopic (exact) mass is 454 g/mol. The fourth-order valence-corrected chi connectivity index (χ4v) is 4.22. The Morgan fingerprint density at radius 1 is 1.18 bits per heavy atom. The number of hydrogen-bond acceptors (Lipinski definition) is 4. The lowest BCUT2D eigenvalue weighted by Crippen LogP contribution is -2.42. The van der Waals surface area contributed by atoms with Gasteiger partial charge in [-0.1, -0.05) is 65.2 Å². The first-order valence-electron chi connectivity index (χ1n) is 13.2. The van der Waals surface area contributed by atoms with Gasteiger partial charge in [-0.15, -0.1) is 0 Å². The molecule has 0 aromatic carbocycles. The van der Waals surface area contributed by atoms with E-state index in [9.17, 15) is 0 Å². The van der Waals surface area contributed by atoms with Crippen molar-refractivity contribution in [3.8, 4) is 0 Å². The first-order valence-corrected chi connectivity index (χ1v) is 13.2. The van der Waals surface area contributed by atoms with Gasteiger partial charge in [0.15, 0.2) is 0 Å². The highest BCUT2D eigenvalue weighted by atomic mass is 15.2. The second-order valence-electron chi connectivity index (χ2n) is 9.18. The summed E-state index contributed by atoms with van der Waals surface area (Å²) in [4.78, 5) is 12.1. The van der Waals surface area contributed by atoms with Gasteiger partial charge in [0.2, 0.25) is 0 Å². The molecule has 1 aromatic rings. The molecule has 0 radical (unpaired) electrons. The lowest BCUT2D eigenvalue weighted by molar-refractivity contribution is 0.227. The summed E-state index contributed by atoms with van der Waals surface area (Å²) in [5.74, 6) is 0. The van der Waals surface area contributed by atoms with Gasteiger partial charge in [-0.05, 0) is 82.8 Å². The van der Waals surface area contributed by atoms with Gasteiger partial charge in [0.1, 0.15) is 0 Å². The van der Waals surface area contributed by atoms with Crippen LogP contribution in [0, 0.1) is 13.8 Å². The minimum atomic E-state index is 0.330.